The number of likely N-dealkylation sites (N-methyl/N-ethyl adjacent to an activating group) is 1. The number of nitrogens with zero attached hydrogens (tertiary/aromatic N) is 1. The Morgan fingerprint density at radius 1 is 1.25 bits per heavy atom. The molecule has 0 bridgehead atoms. The van der Waals surface area contributed by atoms with Crippen molar-refractivity contribution in [3.63, 3.8) is 0 Å². The largest absolute Gasteiger partial charge is 0.373 e. The molecule has 0 spiro atoms. The van der Waals surface area contributed by atoms with Gasteiger partial charge >= 0.3 is 0 Å². The zero-order chi connectivity index (χ0) is 12.1. The first-order valence-corrected chi connectivity index (χ1v) is 6.02. The molecule has 1 aromatic rings. The summed E-state index contributed by atoms with van der Waals surface area (Å²) in [7, 11) is 2.15. The fourth-order valence-electron chi connectivity index (χ4n) is 1.88. The first-order valence-electron chi connectivity index (χ1n) is 6.02. The van der Waals surface area contributed by atoms with Crippen molar-refractivity contribution in [3.8, 4) is 0 Å². The third-order valence-electron chi connectivity index (χ3n) is 2.76. The number of hydrogen-bond acceptors (Lipinski definition) is 2. The number of anilines is 1. The lowest BCUT2D eigenvalue weighted by molar-refractivity contribution is 0.589. The van der Waals surface area contributed by atoms with E-state index < -0.39 is 0 Å². The summed E-state index contributed by atoms with van der Waals surface area (Å²) >= 11 is 0. The topological polar surface area (TPSA) is 15.3 Å². The van der Waals surface area contributed by atoms with Crippen LogP contribution in [0.15, 0.2) is 18.2 Å². The van der Waals surface area contributed by atoms with Crippen LogP contribution in [0.5, 0.6) is 0 Å². The molecule has 2 heteroatoms. The molecule has 0 heterocycles. The van der Waals surface area contributed by atoms with Gasteiger partial charge in [0.15, 0.2) is 0 Å². The molecule has 0 radical (unpaired) electrons. The SMILES string of the molecule is Cc1ccc(N(C)CCNC(C)C)c(C)c1. The average Bonchev–Trinajstić information content (AvgIpc) is 2.16. The summed E-state index contributed by atoms with van der Waals surface area (Å²) in [5.74, 6) is 0. The molecule has 1 N–H and O–H groups in total. The lowest BCUT2D eigenvalue weighted by atomic mass is 10.1. The number of nitrogens with one attached hydrogen (secondary N) is 1. The summed E-state index contributed by atoms with van der Waals surface area (Å²) in [6.07, 6.45) is 0. The summed E-state index contributed by atoms with van der Waals surface area (Å²) < 4.78 is 0. The third kappa shape index (κ3) is 3.86. The van der Waals surface area contributed by atoms with Crippen LogP contribution in [-0.2, 0) is 0 Å². The summed E-state index contributed by atoms with van der Waals surface area (Å²) in [4.78, 5) is 2.31. The van der Waals surface area contributed by atoms with Crippen LogP contribution in [0.2, 0.25) is 0 Å². The van der Waals surface area contributed by atoms with E-state index in [1.54, 1.807) is 0 Å². The molecular formula is C14H24N2. The minimum atomic E-state index is 0.563. The van der Waals surface area contributed by atoms with E-state index in [9.17, 15) is 0 Å². The van der Waals surface area contributed by atoms with E-state index in [0.29, 0.717) is 6.04 Å². The summed E-state index contributed by atoms with van der Waals surface area (Å²) in [6, 6.07) is 7.18. The van der Waals surface area contributed by atoms with Gasteiger partial charge in [-0.2, -0.15) is 0 Å². The van der Waals surface area contributed by atoms with Crippen molar-refractivity contribution >= 4 is 5.69 Å². The molecule has 1 rings (SSSR count). The van der Waals surface area contributed by atoms with Gasteiger partial charge in [0.1, 0.15) is 0 Å². The predicted molar refractivity (Wildman–Crippen MR) is 72.3 cm³/mol. The lowest BCUT2D eigenvalue weighted by Gasteiger charge is -2.22. The Balaban J connectivity index is 2.55. The Labute approximate surface area is 99.7 Å². The molecule has 0 aliphatic rings. The number of rotatable bonds is 5. The van der Waals surface area contributed by atoms with Gasteiger partial charge in [-0.25, -0.2) is 0 Å². The fraction of sp³-hybridized carbons (Fsp3) is 0.571. The minimum absolute atomic E-state index is 0.563. The van der Waals surface area contributed by atoms with Gasteiger partial charge in [0.2, 0.25) is 0 Å². The molecule has 0 fully saturated rings. The number of hydrogen-bond donors (Lipinski definition) is 1. The van der Waals surface area contributed by atoms with Crippen molar-refractivity contribution in [2.24, 2.45) is 0 Å². The van der Waals surface area contributed by atoms with E-state index in [4.69, 9.17) is 0 Å². The van der Waals surface area contributed by atoms with E-state index in [1.807, 2.05) is 0 Å². The maximum Gasteiger partial charge on any atom is 0.0393 e. The lowest BCUT2D eigenvalue weighted by Crippen LogP contribution is -2.33. The van der Waals surface area contributed by atoms with Crippen LogP contribution < -0.4 is 10.2 Å². The fourth-order valence-corrected chi connectivity index (χ4v) is 1.88. The Bertz CT molecular complexity index is 332. The Hall–Kier alpha value is -1.02. The zero-order valence-electron chi connectivity index (χ0n) is 11.2. The molecule has 0 atom stereocenters. The maximum atomic E-state index is 3.44. The highest BCUT2D eigenvalue weighted by molar-refractivity contribution is 5.53. The molecule has 0 aromatic heterocycles. The summed E-state index contributed by atoms with van der Waals surface area (Å²) in [5, 5.41) is 3.44. The van der Waals surface area contributed by atoms with Gasteiger partial charge in [0.25, 0.3) is 0 Å². The second-order valence-corrected chi connectivity index (χ2v) is 4.82. The summed E-state index contributed by atoms with van der Waals surface area (Å²) in [6.45, 7) is 10.7. The molecule has 0 unspecified atom stereocenters. The first-order chi connectivity index (χ1) is 7.50. The second kappa shape index (κ2) is 5.90. The standard InChI is InChI=1S/C14H24N2/c1-11(2)15-8-9-16(5)14-7-6-12(3)10-13(14)4/h6-7,10-11,15H,8-9H2,1-5H3. The van der Waals surface area contributed by atoms with Gasteiger partial charge < -0.3 is 10.2 Å². The smallest absolute Gasteiger partial charge is 0.0393 e. The van der Waals surface area contributed by atoms with Crippen molar-refractivity contribution in [2.45, 2.75) is 33.7 Å². The third-order valence-corrected chi connectivity index (χ3v) is 2.76. The normalized spacial score (nSPS) is 10.9. The number of benzene rings is 1. The van der Waals surface area contributed by atoms with Gasteiger partial charge in [-0.1, -0.05) is 31.5 Å². The quantitative estimate of drug-likeness (QED) is 0.821. The van der Waals surface area contributed by atoms with Gasteiger partial charge in [0, 0.05) is 31.9 Å². The Morgan fingerprint density at radius 2 is 1.94 bits per heavy atom. The molecule has 90 valence electrons. The molecule has 16 heavy (non-hydrogen) atoms. The van der Waals surface area contributed by atoms with Gasteiger partial charge in [-0.15, -0.1) is 0 Å². The second-order valence-electron chi connectivity index (χ2n) is 4.82. The molecule has 2 nitrogen and oxygen atoms in total. The van der Waals surface area contributed by atoms with Gasteiger partial charge in [0.05, 0.1) is 0 Å². The zero-order valence-corrected chi connectivity index (χ0v) is 11.2. The highest BCUT2D eigenvalue weighted by Gasteiger charge is 2.04. The maximum absolute atomic E-state index is 3.44. The Kier molecular flexibility index (Phi) is 4.81. The van der Waals surface area contributed by atoms with Crippen LogP contribution >= 0.6 is 0 Å². The van der Waals surface area contributed by atoms with Crippen LogP contribution in [-0.4, -0.2) is 26.2 Å². The minimum Gasteiger partial charge on any atom is -0.373 e. The van der Waals surface area contributed by atoms with Crippen molar-refractivity contribution in [3.05, 3.63) is 29.3 Å². The van der Waals surface area contributed by atoms with Crippen molar-refractivity contribution in [1.82, 2.24) is 5.32 Å². The van der Waals surface area contributed by atoms with E-state index in [1.165, 1.54) is 16.8 Å². The molecular weight excluding hydrogens is 196 g/mol. The van der Waals surface area contributed by atoms with Crippen molar-refractivity contribution in [1.29, 1.82) is 0 Å². The highest BCUT2D eigenvalue weighted by Crippen LogP contribution is 2.19. The van der Waals surface area contributed by atoms with E-state index >= 15 is 0 Å². The predicted octanol–water partition coefficient (Wildman–Crippen LogP) is 2.74. The van der Waals surface area contributed by atoms with Crippen LogP contribution in [0.3, 0.4) is 0 Å². The highest BCUT2D eigenvalue weighted by atomic mass is 15.1. The molecule has 0 amide bonds. The van der Waals surface area contributed by atoms with Crippen molar-refractivity contribution < 1.29 is 0 Å². The molecule has 1 aromatic carbocycles. The van der Waals surface area contributed by atoms with E-state index in [2.05, 4.69) is 63.2 Å². The molecule has 0 saturated heterocycles. The monoisotopic (exact) mass is 220 g/mol. The molecule has 0 aliphatic carbocycles. The van der Waals surface area contributed by atoms with Crippen LogP contribution in [0.1, 0.15) is 25.0 Å². The molecule has 0 saturated carbocycles. The molecule has 0 aliphatic heterocycles. The van der Waals surface area contributed by atoms with Gasteiger partial charge in [-0.3, -0.25) is 0 Å². The van der Waals surface area contributed by atoms with Crippen molar-refractivity contribution in [2.75, 3.05) is 25.0 Å². The van der Waals surface area contributed by atoms with Crippen LogP contribution in [0.4, 0.5) is 5.69 Å². The summed E-state index contributed by atoms with van der Waals surface area (Å²) in [5.41, 5.74) is 4.01. The van der Waals surface area contributed by atoms with Crippen LogP contribution in [0, 0.1) is 13.8 Å². The first kappa shape index (κ1) is 13.0. The number of aryl methyl sites for hydroxylation is 2. The average molecular weight is 220 g/mol. The van der Waals surface area contributed by atoms with Gasteiger partial charge in [-0.05, 0) is 25.5 Å². The van der Waals surface area contributed by atoms with Crippen LogP contribution in [0.25, 0.3) is 0 Å². The Morgan fingerprint density at radius 3 is 2.50 bits per heavy atom. The van der Waals surface area contributed by atoms with E-state index in [0.717, 1.165) is 13.1 Å². The van der Waals surface area contributed by atoms with E-state index in [-0.39, 0.29) is 0 Å².